The lowest BCUT2D eigenvalue weighted by Crippen LogP contribution is -2.32. The number of aryl methyl sites for hydroxylation is 1. The summed E-state index contributed by atoms with van der Waals surface area (Å²) in [5.74, 6) is 0.604. The van der Waals surface area contributed by atoms with Gasteiger partial charge in [0.1, 0.15) is 11.6 Å². The van der Waals surface area contributed by atoms with Crippen LogP contribution < -0.4 is 4.31 Å². The van der Waals surface area contributed by atoms with Crippen LogP contribution in [0.15, 0.2) is 42.5 Å². The number of likely N-dealkylation sites (tertiary alicyclic amines) is 1. The van der Waals surface area contributed by atoms with Crippen molar-refractivity contribution in [2.45, 2.75) is 63.7 Å². The van der Waals surface area contributed by atoms with Crippen LogP contribution in [0.3, 0.4) is 0 Å². The number of nitrogens with zero attached hydrogens (tertiary/aromatic N) is 2. The van der Waals surface area contributed by atoms with Crippen molar-refractivity contribution in [3.63, 3.8) is 0 Å². The number of carbonyl (C=O) groups excluding carboxylic acids is 1. The van der Waals surface area contributed by atoms with E-state index in [-0.39, 0.29) is 5.92 Å². The monoisotopic (exact) mass is 546 g/mol. The Morgan fingerprint density at radius 2 is 1.81 bits per heavy atom. The molecule has 37 heavy (non-hydrogen) atoms. The van der Waals surface area contributed by atoms with Crippen molar-refractivity contribution in [2.24, 2.45) is 5.92 Å². The summed E-state index contributed by atoms with van der Waals surface area (Å²) in [6, 6.07) is 8.25. The van der Waals surface area contributed by atoms with E-state index in [4.69, 9.17) is 11.6 Å². The van der Waals surface area contributed by atoms with Gasteiger partial charge in [-0.1, -0.05) is 41.8 Å². The lowest BCUT2D eigenvalue weighted by atomic mass is 9.87. The molecule has 3 fully saturated rings. The molecule has 0 spiro atoms. The van der Waals surface area contributed by atoms with Crippen molar-refractivity contribution >= 4 is 35.6 Å². The Bertz CT molecular complexity index is 1120. The maximum Gasteiger partial charge on any atom is 0.209 e. The summed E-state index contributed by atoms with van der Waals surface area (Å²) >= 11 is 8.25. The number of hydrogen-bond acceptors (Lipinski definition) is 3. The zero-order valence-corrected chi connectivity index (χ0v) is 23.4. The van der Waals surface area contributed by atoms with Gasteiger partial charge in [0, 0.05) is 37.0 Å². The van der Waals surface area contributed by atoms with E-state index in [1.165, 1.54) is 35.7 Å². The quantitative estimate of drug-likeness (QED) is 0.198. The van der Waals surface area contributed by atoms with Crippen molar-refractivity contribution < 1.29 is 13.6 Å². The number of hydrogen-bond donors (Lipinski definition) is 0. The van der Waals surface area contributed by atoms with Gasteiger partial charge in [-0.3, -0.25) is 4.79 Å². The topological polar surface area (TPSA) is 23.6 Å². The number of amides is 1. The van der Waals surface area contributed by atoms with Crippen LogP contribution in [0.1, 0.15) is 73.5 Å². The largest absolute Gasteiger partial charge is 0.345 e. The molecule has 2 aromatic rings. The molecule has 3 aliphatic rings. The number of halogens is 3. The number of benzene rings is 2. The maximum atomic E-state index is 13.4. The Morgan fingerprint density at radius 1 is 1.08 bits per heavy atom. The van der Waals surface area contributed by atoms with Crippen LogP contribution in [-0.4, -0.2) is 37.2 Å². The van der Waals surface area contributed by atoms with Gasteiger partial charge >= 0.3 is 0 Å². The van der Waals surface area contributed by atoms with E-state index in [0.717, 1.165) is 80.7 Å². The fraction of sp³-hybridized carbons (Fsp3) is 0.500. The third kappa shape index (κ3) is 7.29. The van der Waals surface area contributed by atoms with Crippen molar-refractivity contribution in [3.05, 3.63) is 75.8 Å². The molecule has 0 radical (unpaired) electrons. The molecule has 1 amide bonds. The molecule has 2 aliphatic carbocycles. The fourth-order valence-corrected chi connectivity index (χ4v) is 6.26. The predicted octanol–water partition coefficient (Wildman–Crippen LogP) is 8.27. The van der Waals surface area contributed by atoms with E-state index in [9.17, 15) is 13.6 Å². The summed E-state index contributed by atoms with van der Waals surface area (Å²) in [6.07, 6.45) is 10.6. The van der Waals surface area contributed by atoms with Crippen molar-refractivity contribution in [3.8, 4) is 0 Å². The second-order valence-corrected chi connectivity index (χ2v) is 11.8. The fourth-order valence-electron chi connectivity index (χ4n) is 5.38. The molecule has 1 atom stereocenters. The van der Waals surface area contributed by atoms with Crippen molar-refractivity contribution in [1.82, 2.24) is 4.90 Å². The molecule has 2 aromatic carbocycles. The average molecular weight is 547 g/mol. The van der Waals surface area contributed by atoms with E-state index in [2.05, 4.69) is 36.2 Å². The Hall–Kier alpha value is -2.05. The van der Waals surface area contributed by atoms with Crippen LogP contribution in [0.5, 0.6) is 0 Å². The first-order valence-corrected chi connectivity index (χ1v) is 14.8. The minimum atomic E-state index is -0.511. The molecular weight excluding hydrogens is 510 g/mol. The first-order chi connectivity index (χ1) is 17.8. The van der Waals surface area contributed by atoms with Crippen LogP contribution in [0.25, 0.3) is 0 Å². The summed E-state index contributed by atoms with van der Waals surface area (Å²) in [7, 11) is 0. The van der Waals surface area contributed by atoms with Gasteiger partial charge in [0.05, 0.1) is 5.69 Å². The number of allylic oxidation sites excluding steroid dienone is 1. The molecular formula is C30H37ClF2N2OS. The number of anilines is 1. The zero-order valence-electron chi connectivity index (χ0n) is 21.8. The number of piperidine rings is 1. The normalized spacial score (nSPS) is 20.0. The zero-order chi connectivity index (χ0) is 26.5. The van der Waals surface area contributed by atoms with Crippen LogP contribution in [0.4, 0.5) is 14.5 Å². The molecule has 5 rings (SSSR count). The van der Waals surface area contributed by atoms with Gasteiger partial charge in [0.25, 0.3) is 0 Å². The highest BCUT2D eigenvalue weighted by molar-refractivity contribution is 7.99. The van der Waals surface area contributed by atoms with Gasteiger partial charge in [-0.05, 0) is 105 Å². The Kier molecular flexibility index (Phi) is 9.57. The van der Waals surface area contributed by atoms with E-state index < -0.39 is 11.6 Å². The molecule has 3 nitrogen and oxygen atoms in total. The molecule has 0 bridgehead atoms. The molecule has 2 saturated carbocycles. The third-order valence-electron chi connectivity index (χ3n) is 7.82. The molecule has 1 saturated heterocycles. The van der Waals surface area contributed by atoms with E-state index in [1.807, 2.05) is 16.8 Å². The predicted molar refractivity (Wildman–Crippen MR) is 151 cm³/mol. The molecule has 1 aliphatic heterocycles. The summed E-state index contributed by atoms with van der Waals surface area (Å²) in [6.45, 7) is 8.79. The second-order valence-electron chi connectivity index (χ2n) is 10.6. The van der Waals surface area contributed by atoms with Crippen LogP contribution >= 0.6 is 23.5 Å². The summed E-state index contributed by atoms with van der Waals surface area (Å²) in [5, 5.41) is 0.856. The van der Waals surface area contributed by atoms with E-state index >= 15 is 0 Å². The van der Waals surface area contributed by atoms with Gasteiger partial charge in [0.2, 0.25) is 6.41 Å². The first-order valence-electron chi connectivity index (χ1n) is 13.2. The Labute approximate surface area is 229 Å². The second kappa shape index (κ2) is 12.7. The minimum Gasteiger partial charge on any atom is -0.345 e. The summed E-state index contributed by atoms with van der Waals surface area (Å²) in [5.41, 5.74) is 5.63. The first kappa shape index (κ1) is 28.0. The summed E-state index contributed by atoms with van der Waals surface area (Å²) in [4.78, 5) is 12.8. The van der Waals surface area contributed by atoms with E-state index in [0.29, 0.717) is 11.5 Å². The van der Waals surface area contributed by atoms with Gasteiger partial charge in [-0.15, -0.1) is 0 Å². The van der Waals surface area contributed by atoms with Gasteiger partial charge in [-0.2, -0.15) is 0 Å². The Balaban J connectivity index is 0.000000195. The highest BCUT2D eigenvalue weighted by Gasteiger charge is 2.28. The van der Waals surface area contributed by atoms with Gasteiger partial charge in [-0.25, -0.2) is 8.78 Å². The van der Waals surface area contributed by atoms with Crippen molar-refractivity contribution in [2.75, 3.05) is 30.2 Å². The smallest absolute Gasteiger partial charge is 0.209 e. The summed E-state index contributed by atoms with van der Waals surface area (Å²) < 4.78 is 28.5. The molecule has 1 unspecified atom stereocenters. The number of rotatable bonds is 7. The Morgan fingerprint density at radius 3 is 2.38 bits per heavy atom. The maximum absolute atomic E-state index is 13.4. The average Bonchev–Trinajstić information content (AvgIpc) is 3.62. The molecule has 7 heteroatoms. The van der Waals surface area contributed by atoms with Crippen LogP contribution in [0.2, 0.25) is 5.02 Å². The molecule has 0 aromatic heterocycles. The molecule has 200 valence electrons. The highest BCUT2D eigenvalue weighted by Crippen LogP contribution is 2.42. The molecule has 0 N–H and O–H groups in total. The van der Waals surface area contributed by atoms with Crippen molar-refractivity contribution in [1.29, 1.82) is 0 Å². The van der Waals surface area contributed by atoms with Crippen LogP contribution in [-0.2, 0) is 4.79 Å². The standard InChI is InChI=1S/C18H25ClN2OS.C12H12F2/c1-13-9-18(21(23-2)11-14-3-4-14)16(10-17(13)19)15-5-7-20(12-22)8-6-15;1-8-2-3-9(6-8)11-5-4-10(13)7-12(11)14/h9-10,12,14-15H,3-8,11H2,1-2H3;4-5,7,9H,1-3,6H2. The van der Waals surface area contributed by atoms with Gasteiger partial charge < -0.3 is 9.21 Å². The minimum absolute atomic E-state index is 0.197. The lowest BCUT2D eigenvalue weighted by molar-refractivity contribution is -0.119. The SMILES string of the molecule is C=C1CCC(c2ccc(F)cc2F)C1.CSN(CC1CC1)c1cc(C)c(Cl)cc1C1CCN(C=O)CC1. The highest BCUT2D eigenvalue weighted by atomic mass is 35.5. The van der Waals surface area contributed by atoms with E-state index in [1.54, 1.807) is 6.07 Å². The van der Waals surface area contributed by atoms with Gasteiger partial charge in [0.15, 0.2) is 0 Å². The van der Waals surface area contributed by atoms with Crippen LogP contribution in [0, 0.1) is 24.5 Å². The lowest BCUT2D eigenvalue weighted by Gasteiger charge is -2.33. The molecule has 1 heterocycles. The third-order valence-corrected chi connectivity index (χ3v) is 9.01. The number of carbonyl (C=O) groups is 1.